The molecule has 102 valence electrons. The number of hydrogen-bond donors (Lipinski definition) is 0. The number of hydrogen-bond acceptors (Lipinski definition) is 4. The van der Waals surface area contributed by atoms with Gasteiger partial charge in [0.2, 0.25) is 0 Å². The van der Waals surface area contributed by atoms with E-state index in [2.05, 4.69) is 12.2 Å². The standard InChI is InChI=1S/C14H8ClFO2S2/c15-14(20)18-12-5-1-9(2-6-12)13(19)17-11-7-3-10(16)4-8-11/h1-8H. The second-order valence-corrected chi connectivity index (χ2v) is 5.02. The quantitative estimate of drug-likeness (QED) is 0.611. The molecule has 0 saturated carbocycles. The minimum atomic E-state index is -0.332. The van der Waals surface area contributed by atoms with Crippen molar-refractivity contribution in [2.45, 2.75) is 0 Å². The van der Waals surface area contributed by atoms with Crippen molar-refractivity contribution >= 4 is 45.6 Å². The number of ether oxygens (including phenoxy) is 2. The van der Waals surface area contributed by atoms with Crippen LogP contribution in [0.4, 0.5) is 4.39 Å². The number of thiocarbonyl (C=S) groups is 2. The van der Waals surface area contributed by atoms with Crippen molar-refractivity contribution in [3.8, 4) is 11.5 Å². The van der Waals surface area contributed by atoms with E-state index in [-0.39, 0.29) is 15.4 Å². The van der Waals surface area contributed by atoms with E-state index in [4.69, 9.17) is 33.3 Å². The highest BCUT2D eigenvalue weighted by molar-refractivity contribution is 7.82. The zero-order valence-corrected chi connectivity index (χ0v) is 12.4. The lowest BCUT2D eigenvalue weighted by molar-refractivity contribution is 0.559. The largest absolute Gasteiger partial charge is 0.445 e. The SMILES string of the molecule is Fc1ccc(OC(=S)c2ccc(OC(=S)Cl)cc2)cc1. The van der Waals surface area contributed by atoms with Crippen molar-refractivity contribution in [3.63, 3.8) is 0 Å². The molecule has 0 bridgehead atoms. The summed E-state index contributed by atoms with van der Waals surface area (Å²) in [5.74, 6) is 0.652. The van der Waals surface area contributed by atoms with Crippen molar-refractivity contribution in [3.05, 3.63) is 59.9 Å². The Kier molecular flexibility index (Phi) is 5.00. The molecule has 0 amide bonds. The fourth-order valence-electron chi connectivity index (χ4n) is 1.42. The van der Waals surface area contributed by atoms with Gasteiger partial charge in [0.15, 0.2) is 5.05 Å². The summed E-state index contributed by atoms with van der Waals surface area (Å²) >= 11 is 15.2. The summed E-state index contributed by atoms with van der Waals surface area (Å²) in [6, 6.07) is 12.4. The van der Waals surface area contributed by atoms with Gasteiger partial charge in [0.05, 0.1) is 0 Å². The molecule has 6 heteroatoms. The molecule has 0 aromatic heterocycles. The predicted molar refractivity (Wildman–Crippen MR) is 84.2 cm³/mol. The van der Waals surface area contributed by atoms with Crippen LogP contribution in [0.15, 0.2) is 48.5 Å². The second-order valence-electron chi connectivity index (χ2n) is 3.71. The summed E-state index contributed by atoms with van der Waals surface area (Å²) in [6.07, 6.45) is 0. The number of halogens is 2. The molecule has 2 aromatic carbocycles. The van der Waals surface area contributed by atoms with Crippen LogP contribution >= 0.6 is 36.0 Å². The molecule has 0 fully saturated rings. The average Bonchev–Trinajstić information content (AvgIpc) is 2.41. The molecular weight excluding hydrogens is 319 g/mol. The Morgan fingerprint density at radius 2 is 1.35 bits per heavy atom. The van der Waals surface area contributed by atoms with Gasteiger partial charge in [0, 0.05) is 5.56 Å². The third-order valence-corrected chi connectivity index (χ3v) is 2.79. The van der Waals surface area contributed by atoms with Crippen LogP contribution in [0.1, 0.15) is 5.56 Å². The highest BCUT2D eigenvalue weighted by atomic mass is 35.5. The van der Waals surface area contributed by atoms with Crippen LogP contribution in [0.2, 0.25) is 0 Å². The molecule has 2 nitrogen and oxygen atoms in total. The van der Waals surface area contributed by atoms with Gasteiger partial charge < -0.3 is 9.47 Å². The van der Waals surface area contributed by atoms with E-state index < -0.39 is 0 Å². The second kappa shape index (κ2) is 6.74. The van der Waals surface area contributed by atoms with Gasteiger partial charge >= 0.3 is 0 Å². The first kappa shape index (κ1) is 14.8. The van der Waals surface area contributed by atoms with E-state index in [0.29, 0.717) is 17.1 Å². The van der Waals surface area contributed by atoms with Crippen LogP contribution in [0.5, 0.6) is 11.5 Å². The summed E-state index contributed by atoms with van der Waals surface area (Å²) in [6.45, 7) is 0. The maximum Gasteiger partial charge on any atom is 0.260 e. The Labute approximate surface area is 131 Å². The summed E-state index contributed by atoms with van der Waals surface area (Å²) < 4.78 is 23.2. The fourth-order valence-corrected chi connectivity index (χ4v) is 1.84. The molecule has 0 spiro atoms. The van der Waals surface area contributed by atoms with Gasteiger partial charge in [-0.1, -0.05) is 0 Å². The van der Waals surface area contributed by atoms with Gasteiger partial charge in [-0.05, 0) is 84.6 Å². The smallest absolute Gasteiger partial charge is 0.260 e. The third-order valence-electron chi connectivity index (χ3n) is 2.31. The Morgan fingerprint density at radius 1 is 0.850 bits per heavy atom. The van der Waals surface area contributed by atoms with Crippen molar-refractivity contribution < 1.29 is 13.9 Å². The van der Waals surface area contributed by atoms with Gasteiger partial charge in [-0.25, -0.2) is 4.39 Å². The summed E-state index contributed by atoms with van der Waals surface area (Å²) in [5.41, 5.74) is 0.692. The molecule has 0 saturated heterocycles. The van der Waals surface area contributed by atoms with Gasteiger partial charge in [0.1, 0.15) is 17.3 Å². The molecule has 2 aromatic rings. The van der Waals surface area contributed by atoms with Gasteiger partial charge in [-0.2, -0.15) is 0 Å². The Bertz CT molecular complexity index is 627. The van der Waals surface area contributed by atoms with E-state index in [1.54, 1.807) is 24.3 Å². The van der Waals surface area contributed by atoms with Gasteiger partial charge in [-0.15, -0.1) is 0 Å². The van der Waals surface area contributed by atoms with Crippen LogP contribution < -0.4 is 9.47 Å². The maximum absolute atomic E-state index is 12.8. The minimum Gasteiger partial charge on any atom is -0.445 e. The summed E-state index contributed by atoms with van der Waals surface area (Å²) in [7, 11) is 0. The molecule has 0 radical (unpaired) electrons. The molecule has 20 heavy (non-hydrogen) atoms. The molecule has 0 unspecified atom stereocenters. The highest BCUT2D eigenvalue weighted by Crippen LogP contribution is 2.17. The molecule has 0 atom stereocenters. The van der Waals surface area contributed by atoms with Crippen LogP contribution in [0, 0.1) is 5.82 Å². The lowest BCUT2D eigenvalue weighted by Crippen LogP contribution is -2.07. The monoisotopic (exact) mass is 326 g/mol. The first-order valence-electron chi connectivity index (χ1n) is 5.50. The van der Waals surface area contributed by atoms with Crippen molar-refractivity contribution in [1.29, 1.82) is 0 Å². The van der Waals surface area contributed by atoms with Crippen molar-refractivity contribution in [1.82, 2.24) is 0 Å². The molecule has 2 rings (SSSR count). The lowest BCUT2D eigenvalue weighted by Gasteiger charge is -2.08. The zero-order chi connectivity index (χ0) is 14.5. The van der Waals surface area contributed by atoms with Crippen LogP contribution in [0.3, 0.4) is 0 Å². The zero-order valence-electron chi connectivity index (χ0n) is 10.0. The summed E-state index contributed by atoms with van der Waals surface area (Å²) in [5, 5.41) is 0.275. The number of benzene rings is 2. The van der Waals surface area contributed by atoms with E-state index in [9.17, 15) is 4.39 Å². The number of rotatable bonds is 3. The fraction of sp³-hybridized carbons (Fsp3) is 0. The third kappa shape index (κ3) is 4.23. The van der Waals surface area contributed by atoms with E-state index in [0.717, 1.165) is 0 Å². The van der Waals surface area contributed by atoms with E-state index in [1.807, 2.05) is 0 Å². The first-order valence-corrected chi connectivity index (χ1v) is 6.69. The Balaban J connectivity index is 2.05. The summed E-state index contributed by atoms with van der Waals surface area (Å²) in [4.78, 5) is 0. The average molecular weight is 327 g/mol. The van der Waals surface area contributed by atoms with Gasteiger partial charge in [0.25, 0.3) is 4.51 Å². The minimum absolute atomic E-state index is 0.0807. The Hall–Kier alpha value is -1.56. The molecular formula is C14H8ClFO2S2. The maximum atomic E-state index is 12.8. The molecule has 0 aliphatic rings. The van der Waals surface area contributed by atoms with Crippen molar-refractivity contribution in [2.24, 2.45) is 0 Å². The van der Waals surface area contributed by atoms with Crippen LogP contribution in [-0.4, -0.2) is 9.56 Å². The predicted octanol–water partition coefficient (Wildman–Crippen LogP) is 4.48. The molecule has 0 heterocycles. The van der Waals surface area contributed by atoms with E-state index in [1.165, 1.54) is 24.3 Å². The van der Waals surface area contributed by atoms with E-state index >= 15 is 0 Å². The first-order chi connectivity index (χ1) is 9.54. The molecule has 0 aliphatic carbocycles. The van der Waals surface area contributed by atoms with Gasteiger partial charge in [-0.3, -0.25) is 0 Å². The lowest BCUT2D eigenvalue weighted by atomic mass is 10.2. The molecule has 0 N–H and O–H groups in total. The Morgan fingerprint density at radius 3 is 1.90 bits per heavy atom. The molecule has 0 aliphatic heterocycles. The van der Waals surface area contributed by atoms with Crippen LogP contribution in [-0.2, 0) is 0 Å². The normalized spacial score (nSPS) is 9.90. The topological polar surface area (TPSA) is 18.5 Å². The van der Waals surface area contributed by atoms with Crippen LogP contribution in [0.25, 0.3) is 0 Å². The highest BCUT2D eigenvalue weighted by Gasteiger charge is 2.05. The van der Waals surface area contributed by atoms with Crippen molar-refractivity contribution in [2.75, 3.05) is 0 Å².